The standard InChI is InChI=1S/C15H13BrF3NS/c1-21-12-5-2-10(3-6-12)9-20-14-7-4-11(16)8-13(14)15(17,18)19/h2-8,20H,9H2,1H3. The van der Waals surface area contributed by atoms with Crippen LogP contribution in [0.5, 0.6) is 0 Å². The van der Waals surface area contributed by atoms with Crippen LogP contribution in [0.3, 0.4) is 0 Å². The number of hydrogen-bond donors (Lipinski definition) is 1. The topological polar surface area (TPSA) is 12.0 Å². The van der Waals surface area contributed by atoms with Gasteiger partial charge in [-0.2, -0.15) is 13.2 Å². The van der Waals surface area contributed by atoms with E-state index in [4.69, 9.17) is 0 Å². The van der Waals surface area contributed by atoms with E-state index in [9.17, 15) is 13.2 Å². The zero-order valence-corrected chi connectivity index (χ0v) is 13.6. The van der Waals surface area contributed by atoms with E-state index in [-0.39, 0.29) is 5.69 Å². The first-order chi connectivity index (χ1) is 9.90. The molecule has 0 aliphatic rings. The number of nitrogens with one attached hydrogen (secondary N) is 1. The quantitative estimate of drug-likeness (QED) is 0.677. The van der Waals surface area contributed by atoms with Crippen LogP contribution in [0.4, 0.5) is 18.9 Å². The van der Waals surface area contributed by atoms with Crippen molar-refractivity contribution in [2.24, 2.45) is 0 Å². The number of benzene rings is 2. The van der Waals surface area contributed by atoms with Crippen molar-refractivity contribution < 1.29 is 13.2 Å². The molecule has 0 bridgehead atoms. The van der Waals surface area contributed by atoms with Gasteiger partial charge >= 0.3 is 6.18 Å². The fraction of sp³-hybridized carbons (Fsp3) is 0.200. The van der Waals surface area contributed by atoms with E-state index in [1.807, 2.05) is 30.5 Å². The second kappa shape index (κ2) is 6.75. The number of thioether (sulfide) groups is 1. The van der Waals surface area contributed by atoms with Crippen molar-refractivity contribution in [2.45, 2.75) is 17.6 Å². The predicted molar refractivity (Wildman–Crippen MR) is 84.7 cm³/mol. The molecule has 1 nitrogen and oxygen atoms in total. The Labute approximate surface area is 134 Å². The molecule has 0 saturated heterocycles. The smallest absolute Gasteiger partial charge is 0.380 e. The van der Waals surface area contributed by atoms with Crippen LogP contribution in [0.25, 0.3) is 0 Å². The minimum absolute atomic E-state index is 0.0830. The van der Waals surface area contributed by atoms with Crippen LogP contribution in [0, 0.1) is 0 Å². The lowest BCUT2D eigenvalue weighted by molar-refractivity contribution is -0.137. The molecule has 0 spiro atoms. The summed E-state index contributed by atoms with van der Waals surface area (Å²) in [6.45, 7) is 0.347. The second-order valence-electron chi connectivity index (χ2n) is 4.39. The molecule has 0 aliphatic heterocycles. The van der Waals surface area contributed by atoms with Gasteiger partial charge in [0.1, 0.15) is 0 Å². The third kappa shape index (κ3) is 4.41. The average Bonchev–Trinajstić information content (AvgIpc) is 2.45. The molecule has 2 aromatic carbocycles. The Hall–Kier alpha value is -1.14. The molecule has 6 heteroatoms. The van der Waals surface area contributed by atoms with E-state index in [0.29, 0.717) is 11.0 Å². The summed E-state index contributed by atoms with van der Waals surface area (Å²) in [6.07, 6.45) is -2.40. The normalized spacial score (nSPS) is 11.5. The van der Waals surface area contributed by atoms with Gasteiger partial charge < -0.3 is 5.32 Å². The molecule has 2 rings (SSSR count). The van der Waals surface area contributed by atoms with E-state index in [1.165, 1.54) is 6.07 Å². The summed E-state index contributed by atoms with van der Waals surface area (Å²) in [5.41, 5.74) is 0.348. The monoisotopic (exact) mass is 375 g/mol. The molecule has 112 valence electrons. The summed E-state index contributed by atoms with van der Waals surface area (Å²) in [5, 5.41) is 2.85. The third-order valence-corrected chi connectivity index (χ3v) is 4.17. The van der Waals surface area contributed by atoms with Gasteiger partial charge in [-0.15, -0.1) is 11.8 Å². The minimum Gasteiger partial charge on any atom is -0.380 e. The summed E-state index contributed by atoms with van der Waals surface area (Å²) in [5.74, 6) is 0. The summed E-state index contributed by atoms with van der Waals surface area (Å²) >= 11 is 4.70. The van der Waals surface area contributed by atoms with Crippen LogP contribution in [0.2, 0.25) is 0 Å². The minimum atomic E-state index is -4.38. The van der Waals surface area contributed by atoms with Gasteiger partial charge in [-0.3, -0.25) is 0 Å². The first kappa shape index (κ1) is 16.2. The number of alkyl halides is 3. The maximum Gasteiger partial charge on any atom is 0.418 e. The Bertz CT molecular complexity index is 611. The predicted octanol–water partition coefficient (Wildman–Crippen LogP) is 5.80. The third-order valence-electron chi connectivity index (χ3n) is 2.93. The summed E-state index contributed by atoms with van der Waals surface area (Å²) in [7, 11) is 0. The molecule has 0 heterocycles. The molecule has 0 unspecified atom stereocenters. The molecule has 0 atom stereocenters. The maximum absolute atomic E-state index is 13.0. The van der Waals surface area contributed by atoms with Crippen LogP contribution < -0.4 is 5.32 Å². The van der Waals surface area contributed by atoms with Crippen molar-refractivity contribution in [3.63, 3.8) is 0 Å². The molecule has 1 N–H and O–H groups in total. The Morgan fingerprint density at radius 1 is 1.10 bits per heavy atom. The SMILES string of the molecule is CSc1ccc(CNc2ccc(Br)cc2C(F)(F)F)cc1. The second-order valence-corrected chi connectivity index (χ2v) is 6.18. The van der Waals surface area contributed by atoms with E-state index < -0.39 is 11.7 Å². The highest BCUT2D eigenvalue weighted by Crippen LogP contribution is 2.36. The van der Waals surface area contributed by atoms with Crippen LogP contribution >= 0.6 is 27.7 Å². The van der Waals surface area contributed by atoms with Crippen LogP contribution in [-0.4, -0.2) is 6.26 Å². The summed E-state index contributed by atoms with van der Waals surface area (Å²) < 4.78 is 39.4. The Morgan fingerprint density at radius 3 is 2.33 bits per heavy atom. The van der Waals surface area contributed by atoms with Crippen molar-refractivity contribution in [1.29, 1.82) is 0 Å². The summed E-state index contributed by atoms with van der Waals surface area (Å²) in [4.78, 5) is 1.12. The van der Waals surface area contributed by atoms with Crippen LogP contribution in [0.1, 0.15) is 11.1 Å². The largest absolute Gasteiger partial charge is 0.418 e. The molecule has 0 aromatic heterocycles. The van der Waals surface area contributed by atoms with Crippen molar-refractivity contribution in [3.05, 3.63) is 58.1 Å². The lowest BCUT2D eigenvalue weighted by Crippen LogP contribution is -2.10. The number of halogens is 4. The molecule has 0 saturated carbocycles. The first-order valence-corrected chi connectivity index (χ1v) is 8.15. The lowest BCUT2D eigenvalue weighted by atomic mass is 10.1. The molecular formula is C15H13BrF3NS. The molecule has 0 fully saturated rings. The average molecular weight is 376 g/mol. The molecule has 2 aromatic rings. The van der Waals surface area contributed by atoms with E-state index >= 15 is 0 Å². The van der Waals surface area contributed by atoms with Gasteiger partial charge in [0.05, 0.1) is 5.56 Å². The van der Waals surface area contributed by atoms with Gasteiger partial charge in [-0.25, -0.2) is 0 Å². The number of rotatable bonds is 4. The highest BCUT2D eigenvalue weighted by Gasteiger charge is 2.33. The van der Waals surface area contributed by atoms with Crippen molar-refractivity contribution in [3.8, 4) is 0 Å². The zero-order chi connectivity index (χ0) is 15.5. The highest BCUT2D eigenvalue weighted by atomic mass is 79.9. The van der Waals surface area contributed by atoms with E-state index in [0.717, 1.165) is 16.5 Å². The Kier molecular flexibility index (Phi) is 5.22. The molecule has 21 heavy (non-hydrogen) atoms. The molecular weight excluding hydrogens is 363 g/mol. The molecule has 0 aliphatic carbocycles. The fourth-order valence-corrected chi connectivity index (χ4v) is 2.62. The van der Waals surface area contributed by atoms with Crippen LogP contribution in [0.15, 0.2) is 51.8 Å². The van der Waals surface area contributed by atoms with Gasteiger partial charge in [0.2, 0.25) is 0 Å². The van der Waals surface area contributed by atoms with Gasteiger partial charge in [-0.1, -0.05) is 28.1 Å². The van der Waals surface area contributed by atoms with Gasteiger partial charge in [0, 0.05) is 21.6 Å². The number of hydrogen-bond acceptors (Lipinski definition) is 2. The van der Waals surface area contributed by atoms with E-state index in [1.54, 1.807) is 17.8 Å². The lowest BCUT2D eigenvalue weighted by Gasteiger charge is -2.15. The maximum atomic E-state index is 13.0. The van der Waals surface area contributed by atoms with Crippen molar-refractivity contribution >= 4 is 33.4 Å². The fourth-order valence-electron chi connectivity index (χ4n) is 1.85. The van der Waals surface area contributed by atoms with Crippen molar-refractivity contribution in [1.82, 2.24) is 0 Å². The summed E-state index contributed by atoms with van der Waals surface area (Å²) in [6, 6.07) is 11.8. The first-order valence-electron chi connectivity index (χ1n) is 6.13. The molecule has 0 amide bonds. The van der Waals surface area contributed by atoms with Gasteiger partial charge in [-0.05, 0) is 42.2 Å². The van der Waals surface area contributed by atoms with Gasteiger partial charge in [0.25, 0.3) is 0 Å². The van der Waals surface area contributed by atoms with Gasteiger partial charge in [0.15, 0.2) is 0 Å². The highest BCUT2D eigenvalue weighted by molar-refractivity contribution is 9.10. The molecule has 0 radical (unpaired) electrons. The van der Waals surface area contributed by atoms with E-state index in [2.05, 4.69) is 21.2 Å². The Morgan fingerprint density at radius 2 is 1.76 bits per heavy atom. The Balaban J connectivity index is 2.15. The van der Waals surface area contributed by atoms with Crippen molar-refractivity contribution in [2.75, 3.05) is 11.6 Å². The van der Waals surface area contributed by atoms with Crippen LogP contribution in [-0.2, 0) is 12.7 Å². The number of anilines is 1. The zero-order valence-electron chi connectivity index (χ0n) is 11.2.